The van der Waals surface area contributed by atoms with Crippen LogP contribution >= 0.6 is 0 Å². The van der Waals surface area contributed by atoms with Crippen LogP contribution in [0.25, 0.3) is 11.1 Å². The summed E-state index contributed by atoms with van der Waals surface area (Å²) in [6, 6.07) is 11.0. The molecule has 0 bridgehead atoms. The second-order valence-corrected chi connectivity index (χ2v) is 10.7. The zero-order chi connectivity index (χ0) is 26.2. The van der Waals surface area contributed by atoms with E-state index in [0.717, 1.165) is 81.0 Å². The van der Waals surface area contributed by atoms with Gasteiger partial charge < -0.3 is 14.5 Å². The van der Waals surface area contributed by atoms with Crippen molar-refractivity contribution >= 4 is 23.2 Å². The number of benzene rings is 1. The molecular weight excluding hydrogens is 478 g/mol. The predicted molar refractivity (Wildman–Crippen MR) is 145 cm³/mol. The molecule has 2 aromatic heterocycles. The summed E-state index contributed by atoms with van der Waals surface area (Å²) in [4.78, 5) is 32.5. The lowest BCUT2D eigenvalue weighted by atomic mass is 9.96. The van der Waals surface area contributed by atoms with Crippen molar-refractivity contribution in [3.8, 4) is 11.1 Å². The molecule has 3 aliphatic rings. The van der Waals surface area contributed by atoms with Gasteiger partial charge >= 0.3 is 0 Å². The Labute approximate surface area is 223 Å². The van der Waals surface area contributed by atoms with Crippen LogP contribution in [0.15, 0.2) is 36.5 Å². The van der Waals surface area contributed by atoms with Gasteiger partial charge in [-0.05, 0) is 61.9 Å². The third-order valence-corrected chi connectivity index (χ3v) is 8.09. The fourth-order valence-electron chi connectivity index (χ4n) is 6.10. The topological polar surface area (TPSA) is 80.6 Å². The first-order chi connectivity index (χ1) is 18.5. The van der Waals surface area contributed by atoms with Crippen molar-refractivity contribution in [2.24, 2.45) is 0 Å². The number of hydrogen-bond donors (Lipinski definition) is 0. The predicted octanol–water partition coefficient (Wildman–Crippen LogP) is 4.42. The lowest BCUT2D eigenvalue weighted by molar-refractivity contribution is -0.129. The second kappa shape index (κ2) is 10.3. The average Bonchev–Trinajstić information content (AvgIpc) is 3.32. The molecule has 0 N–H and O–H groups in total. The Bertz CT molecular complexity index is 1360. The molecule has 1 saturated heterocycles. The largest absolute Gasteiger partial charge is 0.381 e. The molecule has 3 aromatic rings. The number of aromatic nitrogens is 3. The molecule has 0 unspecified atom stereocenters. The third-order valence-electron chi connectivity index (χ3n) is 8.09. The van der Waals surface area contributed by atoms with Gasteiger partial charge in [0, 0.05) is 80.5 Å². The number of carbonyl (C=O) groups is 2. The van der Waals surface area contributed by atoms with Crippen LogP contribution in [0.3, 0.4) is 0 Å². The Balaban J connectivity index is 1.35. The van der Waals surface area contributed by atoms with Crippen LogP contribution in [0.4, 0.5) is 11.5 Å². The number of hydrogen-bond acceptors (Lipinski definition) is 6. The van der Waals surface area contributed by atoms with E-state index in [-0.39, 0.29) is 11.7 Å². The Morgan fingerprint density at radius 1 is 1.03 bits per heavy atom. The van der Waals surface area contributed by atoms with Crippen molar-refractivity contribution in [1.82, 2.24) is 19.7 Å². The minimum atomic E-state index is 0.118. The summed E-state index contributed by atoms with van der Waals surface area (Å²) in [5.41, 5.74) is 7.95. The van der Waals surface area contributed by atoms with Gasteiger partial charge in [0.05, 0.1) is 12.6 Å². The first-order valence-electron chi connectivity index (χ1n) is 13.8. The van der Waals surface area contributed by atoms with E-state index in [1.165, 1.54) is 22.5 Å². The number of nitrogens with zero attached hydrogens (tertiary/aromatic N) is 5. The van der Waals surface area contributed by atoms with Crippen molar-refractivity contribution in [3.05, 3.63) is 59.0 Å². The second-order valence-electron chi connectivity index (χ2n) is 10.7. The highest BCUT2D eigenvalue weighted by Crippen LogP contribution is 2.40. The quantitative estimate of drug-likeness (QED) is 0.503. The monoisotopic (exact) mass is 513 g/mol. The number of ether oxygens (including phenoxy) is 1. The van der Waals surface area contributed by atoms with Crippen LogP contribution < -0.4 is 4.90 Å². The van der Waals surface area contributed by atoms with Gasteiger partial charge in [-0.15, -0.1) is 0 Å². The summed E-state index contributed by atoms with van der Waals surface area (Å²) < 4.78 is 7.90. The number of pyridine rings is 1. The van der Waals surface area contributed by atoms with E-state index < -0.39 is 0 Å². The van der Waals surface area contributed by atoms with Crippen molar-refractivity contribution in [3.63, 3.8) is 0 Å². The molecule has 0 saturated carbocycles. The van der Waals surface area contributed by atoms with Crippen molar-refractivity contribution < 1.29 is 14.3 Å². The Morgan fingerprint density at radius 3 is 2.58 bits per heavy atom. The summed E-state index contributed by atoms with van der Waals surface area (Å²) in [5, 5.41) is 5.26. The minimum Gasteiger partial charge on any atom is -0.381 e. The fourth-order valence-corrected chi connectivity index (χ4v) is 6.10. The number of carbonyl (C=O) groups excluding carboxylic acids is 2. The van der Waals surface area contributed by atoms with E-state index in [0.29, 0.717) is 19.0 Å². The van der Waals surface area contributed by atoms with Gasteiger partial charge in [-0.25, -0.2) is 0 Å². The molecule has 0 spiro atoms. The lowest BCUT2D eigenvalue weighted by Crippen LogP contribution is -2.36. The van der Waals surface area contributed by atoms with Gasteiger partial charge in [0.15, 0.2) is 5.82 Å². The number of amides is 1. The van der Waals surface area contributed by atoms with Crippen LogP contribution in [-0.4, -0.2) is 57.7 Å². The van der Waals surface area contributed by atoms with Crippen LogP contribution in [0.5, 0.6) is 0 Å². The maximum Gasteiger partial charge on any atom is 0.219 e. The average molecular weight is 514 g/mol. The molecule has 5 heterocycles. The van der Waals surface area contributed by atoms with E-state index in [9.17, 15) is 9.59 Å². The molecular formula is C30H35N5O3. The lowest BCUT2D eigenvalue weighted by Gasteiger charge is -2.33. The number of ketones is 1. The van der Waals surface area contributed by atoms with E-state index in [2.05, 4.69) is 38.8 Å². The molecule has 38 heavy (non-hydrogen) atoms. The van der Waals surface area contributed by atoms with Gasteiger partial charge in [-0.1, -0.05) is 12.1 Å². The summed E-state index contributed by atoms with van der Waals surface area (Å²) in [7, 11) is 0. The molecule has 198 valence electrons. The van der Waals surface area contributed by atoms with Gasteiger partial charge in [0.25, 0.3) is 0 Å². The standard InChI is InChI=1S/C30H35N5O3/c1-20(36)16-25-7-5-24(18-31-25)22-6-8-28-23(17-22)4-3-12-34(28)30-27-19-33(21(2)37)13-9-29(27)35(32-30)26-10-14-38-15-11-26/h5-8,17-18,26H,3-4,9-16,19H2,1-2H3. The van der Waals surface area contributed by atoms with Crippen LogP contribution in [0, 0.1) is 0 Å². The fraction of sp³-hybridized carbons (Fsp3) is 0.467. The van der Waals surface area contributed by atoms with Crippen LogP contribution in [0.1, 0.15) is 61.7 Å². The van der Waals surface area contributed by atoms with Crippen molar-refractivity contribution in [2.75, 3.05) is 31.2 Å². The van der Waals surface area contributed by atoms with Gasteiger partial charge in [0.1, 0.15) is 5.78 Å². The molecule has 3 aliphatic heterocycles. The first kappa shape index (κ1) is 24.8. The van der Waals surface area contributed by atoms with Crippen molar-refractivity contribution in [1.29, 1.82) is 0 Å². The molecule has 0 atom stereocenters. The van der Waals surface area contributed by atoms with Crippen LogP contribution in [0.2, 0.25) is 0 Å². The van der Waals surface area contributed by atoms with E-state index in [1.807, 2.05) is 17.2 Å². The van der Waals surface area contributed by atoms with Gasteiger partial charge in [0.2, 0.25) is 5.91 Å². The van der Waals surface area contributed by atoms with Crippen LogP contribution in [-0.2, 0) is 40.1 Å². The first-order valence-corrected chi connectivity index (χ1v) is 13.8. The molecule has 0 aliphatic carbocycles. The maximum atomic E-state index is 12.3. The number of anilines is 2. The van der Waals surface area contributed by atoms with Crippen molar-refractivity contribution in [2.45, 2.75) is 65.0 Å². The highest BCUT2D eigenvalue weighted by molar-refractivity contribution is 5.78. The molecule has 6 rings (SSSR count). The molecule has 1 amide bonds. The minimum absolute atomic E-state index is 0.118. The Hall–Kier alpha value is -3.52. The SMILES string of the molecule is CC(=O)Cc1ccc(-c2ccc3c(c2)CCCN3c2nn(C3CCOCC3)c3c2CN(C(C)=O)CC3)cn1. The third kappa shape index (κ3) is 4.73. The molecule has 1 aromatic carbocycles. The normalized spacial score (nSPS) is 17.7. The van der Waals surface area contributed by atoms with E-state index in [4.69, 9.17) is 9.84 Å². The number of fused-ring (bicyclic) bond motifs is 2. The van der Waals surface area contributed by atoms with E-state index in [1.54, 1.807) is 13.8 Å². The summed E-state index contributed by atoms with van der Waals surface area (Å²) in [6.07, 6.45) is 7.08. The zero-order valence-electron chi connectivity index (χ0n) is 22.3. The number of aryl methyl sites for hydroxylation is 1. The molecule has 8 heteroatoms. The number of rotatable bonds is 5. The summed E-state index contributed by atoms with van der Waals surface area (Å²) >= 11 is 0. The Morgan fingerprint density at radius 2 is 1.84 bits per heavy atom. The van der Waals surface area contributed by atoms with E-state index >= 15 is 0 Å². The summed E-state index contributed by atoms with van der Waals surface area (Å²) in [6.45, 7) is 7.06. The molecule has 1 fully saturated rings. The summed E-state index contributed by atoms with van der Waals surface area (Å²) in [5.74, 6) is 1.24. The smallest absolute Gasteiger partial charge is 0.219 e. The Kier molecular flexibility index (Phi) is 6.74. The maximum absolute atomic E-state index is 12.3. The number of Topliss-reactive ketones (excluding diaryl/α,β-unsaturated/α-hetero) is 1. The van der Waals surface area contributed by atoms with Gasteiger partial charge in [-0.3, -0.25) is 19.3 Å². The highest BCUT2D eigenvalue weighted by Gasteiger charge is 2.33. The molecule has 8 nitrogen and oxygen atoms in total. The molecule has 0 radical (unpaired) electrons. The highest BCUT2D eigenvalue weighted by atomic mass is 16.5. The van der Waals surface area contributed by atoms with Gasteiger partial charge in [-0.2, -0.15) is 5.10 Å². The zero-order valence-corrected chi connectivity index (χ0v) is 22.3.